The molecule has 3 aromatic rings. The van der Waals surface area contributed by atoms with Crippen molar-refractivity contribution in [3.63, 3.8) is 0 Å². The number of carbonyl (C=O) groups excluding carboxylic acids is 3. The lowest BCUT2D eigenvalue weighted by atomic mass is 10.2. The third-order valence-corrected chi connectivity index (χ3v) is 5.17. The van der Waals surface area contributed by atoms with E-state index < -0.39 is 6.04 Å². The molecule has 1 aromatic heterocycles. The Labute approximate surface area is 196 Å². The van der Waals surface area contributed by atoms with E-state index in [0.717, 1.165) is 0 Å². The molecule has 8 nitrogen and oxygen atoms in total. The third-order valence-electron chi connectivity index (χ3n) is 4.53. The van der Waals surface area contributed by atoms with Gasteiger partial charge in [-0.2, -0.15) is 11.8 Å². The normalized spacial score (nSPS) is 11.3. The van der Waals surface area contributed by atoms with E-state index in [-0.39, 0.29) is 30.1 Å². The van der Waals surface area contributed by atoms with Gasteiger partial charge in [0.2, 0.25) is 5.91 Å². The van der Waals surface area contributed by atoms with Gasteiger partial charge >= 0.3 is 0 Å². The quantitative estimate of drug-likeness (QED) is 0.396. The predicted octanol–water partition coefficient (Wildman–Crippen LogP) is 3.79. The summed E-state index contributed by atoms with van der Waals surface area (Å²) < 4.78 is 10.5. The number of nitrogens with one attached hydrogen (secondary N) is 3. The lowest BCUT2D eigenvalue weighted by Crippen LogP contribution is -2.45. The highest BCUT2D eigenvalue weighted by Gasteiger charge is 2.21. The number of carbonyl (C=O) groups is 3. The van der Waals surface area contributed by atoms with Crippen LogP contribution in [0.3, 0.4) is 0 Å². The number of furan rings is 1. The van der Waals surface area contributed by atoms with Crippen LogP contribution in [0.1, 0.15) is 17.0 Å². The number of para-hydroxylation sites is 1. The summed E-state index contributed by atoms with van der Waals surface area (Å²) in [5, 5.41) is 8.25. The van der Waals surface area contributed by atoms with E-state index in [4.69, 9.17) is 9.15 Å². The first-order valence-corrected chi connectivity index (χ1v) is 11.7. The van der Waals surface area contributed by atoms with Crippen molar-refractivity contribution in [2.45, 2.75) is 12.5 Å². The molecular formula is C24H25N3O5S. The molecule has 0 radical (unpaired) electrons. The summed E-state index contributed by atoms with van der Waals surface area (Å²) >= 11 is 1.59. The van der Waals surface area contributed by atoms with Crippen LogP contribution >= 0.6 is 11.8 Å². The van der Waals surface area contributed by atoms with Crippen LogP contribution in [0.25, 0.3) is 0 Å². The van der Waals surface area contributed by atoms with Crippen molar-refractivity contribution in [1.82, 2.24) is 5.32 Å². The zero-order valence-corrected chi connectivity index (χ0v) is 18.9. The number of hydrogen-bond acceptors (Lipinski definition) is 6. The van der Waals surface area contributed by atoms with E-state index in [2.05, 4.69) is 16.0 Å². The molecule has 3 amide bonds. The van der Waals surface area contributed by atoms with Gasteiger partial charge in [-0.3, -0.25) is 14.4 Å². The smallest absolute Gasteiger partial charge is 0.291 e. The van der Waals surface area contributed by atoms with Crippen LogP contribution < -0.4 is 20.7 Å². The van der Waals surface area contributed by atoms with E-state index in [9.17, 15) is 14.4 Å². The maximum Gasteiger partial charge on any atom is 0.291 e. The number of benzene rings is 2. The summed E-state index contributed by atoms with van der Waals surface area (Å²) in [5.41, 5.74) is 1.10. The maximum absolute atomic E-state index is 12.8. The first-order valence-electron chi connectivity index (χ1n) is 10.3. The Bertz CT molecular complexity index is 1040. The van der Waals surface area contributed by atoms with Crippen LogP contribution in [0, 0.1) is 0 Å². The van der Waals surface area contributed by atoms with Gasteiger partial charge in [0.05, 0.1) is 6.26 Å². The molecule has 0 saturated carbocycles. The monoisotopic (exact) mass is 467 g/mol. The number of rotatable bonds is 11. The van der Waals surface area contributed by atoms with Crippen molar-refractivity contribution in [3.8, 4) is 5.75 Å². The summed E-state index contributed by atoms with van der Waals surface area (Å²) in [6.07, 6.45) is 3.83. The molecule has 0 saturated heterocycles. The van der Waals surface area contributed by atoms with E-state index in [0.29, 0.717) is 29.3 Å². The lowest BCUT2D eigenvalue weighted by Gasteiger charge is -2.18. The zero-order valence-electron chi connectivity index (χ0n) is 18.1. The molecule has 0 aliphatic rings. The Morgan fingerprint density at radius 3 is 2.27 bits per heavy atom. The van der Waals surface area contributed by atoms with Gasteiger partial charge in [-0.25, -0.2) is 0 Å². The van der Waals surface area contributed by atoms with Gasteiger partial charge in [0.1, 0.15) is 11.8 Å². The molecule has 1 heterocycles. The second kappa shape index (κ2) is 12.4. The van der Waals surface area contributed by atoms with Crippen molar-refractivity contribution in [3.05, 3.63) is 78.8 Å². The van der Waals surface area contributed by atoms with Gasteiger partial charge in [0.15, 0.2) is 12.4 Å². The second-order valence-electron chi connectivity index (χ2n) is 7.00. The fraction of sp³-hybridized carbons (Fsp3) is 0.208. The van der Waals surface area contributed by atoms with Crippen LogP contribution in [-0.2, 0) is 9.59 Å². The number of hydrogen-bond donors (Lipinski definition) is 3. The summed E-state index contributed by atoms with van der Waals surface area (Å²) in [7, 11) is 0. The van der Waals surface area contributed by atoms with Crippen molar-refractivity contribution >= 4 is 40.9 Å². The average Bonchev–Trinajstić information content (AvgIpc) is 3.37. The van der Waals surface area contributed by atoms with Crippen LogP contribution in [-0.4, -0.2) is 42.4 Å². The highest BCUT2D eigenvalue weighted by atomic mass is 32.2. The fourth-order valence-electron chi connectivity index (χ4n) is 2.87. The van der Waals surface area contributed by atoms with Crippen molar-refractivity contribution < 1.29 is 23.5 Å². The van der Waals surface area contributed by atoms with Gasteiger partial charge in [0.25, 0.3) is 11.8 Å². The molecule has 1 unspecified atom stereocenters. The number of anilines is 2. The Balaban J connectivity index is 1.53. The van der Waals surface area contributed by atoms with E-state index in [1.165, 1.54) is 6.26 Å². The number of amides is 3. The molecule has 0 aliphatic carbocycles. The standard InChI is InChI=1S/C24H25N3O5S/c1-33-15-13-20(27-22(28)16-32-19-6-3-2-4-7-19)23(29)25-17-9-11-18(12-10-17)26-24(30)21-8-5-14-31-21/h2-12,14,20H,13,15-16H2,1H3,(H,25,29)(H,26,30)(H,27,28). The Hall–Kier alpha value is -3.72. The molecule has 0 aliphatic heterocycles. The fourth-order valence-corrected chi connectivity index (χ4v) is 3.34. The summed E-state index contributed by atoms with van der Waals surface area (Å²) in [5.74, 6) is 0.415. The Kier molecular flexibility index (Phi) is 8.96. The van der Waals surface area contributed by atoms with Gasteiger partial charge in [-0.15, -0.1) is 0 Å². The molecule has 1 atom stereocenters. The second-order valence-corrected chi connectivity index (χ2v) is 7.99. The minimum atomic E-state index is -0.706. The van der Waals surface area contributed by atoms with Crippen molar-refractivity contribution in [2.75, 3.05) is 29.2 Å². The van der Waals surface area contributed by atoms with Crippen LogP contribution in [0.4, 0.5) is 11.4 Å². The van der Waals surface area contributed by atoms with Gasteiger partial charge in [0, 0.05) is 11.4 Å². The lowest BCUT2D eigenvalue weighted by molar-refractivity contribution is -0.127. The van der Waals surface area contributed by atoms with Gasteiger partial charge in [-0.05, 0) is 67.0 Å². The van der Waals surface area contributed by atoms with E-state index in [1.54, 1.807) is 60.3 Å². The topological polar surface area (TPSA) is 110 Å². The largest absolute Gasteiger partial charge is 0.484 e. The zero-order chi connectivity index (χ0) is 23.5. The predicted molar refractivity (Wildman–Crippen MR) is 129 cm³/mol. The highest BCUT2D eigenvalue weighted by Crippen LogP contribution is 2.16. The van der Waals surface area contributed by atoms with E-state index in [1.807, 2.05) is 24.5 Å². The molecule has 0 spiro atoms. The number of ether oxygens (including phenoxy) is 1. The van der Waals surface area contributed by atoms with Crippen LogP contribution in [0.5, 0.6) is 5.75 Å². The molecule has 9 heteroatoms. The maximum atomic E-state index is 12.8. The summed E-state index contributed by atoms with van der Waals surface area (Å²) in [4.78, 5) is 37.2. The molecule has 3 N–H and O–H groups in total. The molecule has 0 bridgehead atoms. The van der Waals surface area contributed by atoms with Crippen LogP contribution in [0.2, 0.25) is 0 Å². The van der Waals surface area contributed by atoms with E-state index >= 15 is 0 Å². The van der Waals surface area contributed by atoms with Crippen molar-refractivity contribution in [2.24, 2.45) is 0 Å². The van der Waals surface area contributed by atoms with Crippen LogP contribution in [0.15, 0.2) is 77.4 Å². The minimum Gasteiger partial charge on any atom is -0.484 e. The minimum absolute atomic E-state index is 0.183. The summed E-state index contributed by atoms with van der Waals surface area (Å²) in [6, 6.07) is 18.2. The Morgan fingerprint density at radius 1 is 0.939 bits per heavy atom. The van der Waals surface area contributed by atoms with Gasteiger partial charge < -0.3 is 25.1 Å². The molecule has 33 heavy (non-hydrogen) atoms. The third kappa shape index (κ3) is 7.73. The Morgan fingerprint density at radius 2 is 1.64 bits per heavy atom. The molecule has 3 rings (SSSR count). The summed E-state index contributed by atoms with van der Waals surface area (Å²) in [6.45, 7) is -0.183. The first-order chi connectivity index (χ1) is 16.0. The van der Waals surface area contributed by atoms with Gasteiger partial charge in [-0.1, -0.05) is 18.2 Å². The molecule has 2 aromatic carbocycles. The SMILES string of the molecule is CSCCC(NC(=O)COc1ccccc1)C(=O)Nc1ccc(NC(=O)c2ccco2)cc1. The molecule has 0 fully saturated rings. The molecule has 172 valence electrons. The highest BCUT2D eigenvalue weighted by molar-refractivity contribution is 7.98. The first kappa shape index (κ1) is 23.9. The molecular weight excluding hydrogens is 442 g/mol. The van der Waals surface area contributed by atoms with Crippen molar-refractivity contribution in [1.29, 1.82) is 0 Å². The average molecular weight is 468 g/mol. The number of thioether (sulfide) groups is 1.